The molecule has 0 aliphatic carbocycles. The molecule has 0 aliphatic rings. The van der Waals surface area contributed by atoms with Gasteiger partial charge in [-0.05, 0) is 18.4 Å². The fourth-order valence-electron chi connectivity index (χ4n) is 1.38. The second kappa shape index (κ2) is 5.51. The molecule has 0 bridgehead atoms. The van der Waals surface area contributed by atoms with E-state index in [4.69, 9.17) is 11.2 Å². The molecule has 5 heteroatoms. The minimum Gasteiger partial charge on any atom is -0.476 e. The van der Waals surface area contributed by atoms with Crippen molar-refractivity contribution in [1.82, 2.24) is 9.97 Å². The Balaban J connectivity index is 2.30. The van der Waals surface area contributed by atoms with Crippen LogP contribution in [0.1, 0.15) is 13.3 Å². The predicted octanol–water partition coefficient (Wildman–Crippen LogP) is 2.53. The van der Waals surface area contributed by atoms with Crippen LogP contribution in [0.4, 0.5) is 5.95 Å². The smallest absolute Gasteiger partial charge is 0.236 e. The Kier molecular flexibility index (Phi) is 3.78. The topological polar surface area (TPSA) is 47.0 Å². The predicted molar refractivity (Wildman–Crippen MR) is 70.5 cm³/mol. The molecule has 0 aliphatic heterocycles. The number of hydrogen-bond acceptors (Lipinski definition) is 5. The lowest BCUT2D eigenvalue weighted by molar-refractivity contribution is 0.319. The maximum Gasteiger partial charge on any atom is 0.236 e. The third kappa shape index (κ3) is 2.66. The van der Waals surface area contributed by atoms with E-state index < -0.39 is 0 Å². The number of aromatic nitrogens is 2. The van der Waals surface area contributed by atoms with Crippen LogP contribution in [-0.2, 0) is 0 Å². The molecule has 2 aromatic heterocycles. The Hall–Kier alpha value is -1.80. The molecule has 88 valence electrons. The fourth-order valence-corrected chi connectivity index (χ4v) is 2.15. The molecular weight excluding hydrogens is 234 g/mol. The number of hydrogen-bond donors (Lipinski definition) is 1. The van der Waals surface area contributed by atoms with Gasteiger partial charge in [-0.2, -0.15) is 4.98 Å². The summed E-state index contributed by atoms with van der Waals surface area (Å²) in [6.07, 6.45) is 5.77. The monoisotopic (exact) mass is 247 g/mol. The lowest BCUT2D eigenvalue weighted by Gasteiger charge is -2.07. The minimum atomic E-state index is 0.478. The molecule has 0 saturated carbocycles. The Labute approximate surface area is 104 Å². The van der Waals surface area contributed by atoms with Gasteiger partial charge in [0.25, 0.3) is 0 Å². The van der Waals surface area contributed by atoms with Crippen molar-refractivity contribution in [2.75, 3.05) is 18.5 Å². The van der Waals surface area contributed by atoms with Crippen LogP contribution in [0.2, 0.25) is 0 Å². The molecule has 17 heavy (non-hydrogen) atoms. The van der Waals surface area contributed by atoms with Gasteiger partial charge in [-0.3, -0.25) is 0 Å². The summed E-state index contributed by atoms with van der Waals surface area (Å²) in [5.74, 6) is 3.74. The average Bonchev–Trinajstić information content (AvgIpc) is 2.78. The van der Waals surface area contributed by atoms with E-state index in [1.54, 1.807) is 11.3 Å². The van der Waals surface area contributed by atoms with Gasteiger partial charge in [0, 0.05) is 13.0 Å². The van der Waals surface area contributed by atoms with Crippen LogP contribution in [-0.4, -0.2) is 23.1 Å². The Morgan fingerprint density at radius 2 is 2.41 bits per heavy atom. The number of thiophene rings is 1. The van der Waals surface area contributed by atoms with Gasteiger partial charge in [0.05, 0.1) is 5.52 Å². The van der Waals surface area contributed by atoms with Gasteiger partial charge in [0.2, 0.25) is 11.8 Å². The SMILES string of the molecule is C#CCCOc1nc(NCC)nc2ccsc12. The van der Waals surface area contributed by atoms with Crippen LogP contribution in [0.15, 0.2) is 11.4 Å². The largest absolute Gasteiger partial charge is 0.476 e. The van der Waals surface area contributed by atoms with E-state index in [9.17, 15) is 0 Å². The molecular formula is C12H13N3OS. The number of rotatable bonds is 5. The summed E-state index contributed by atoms with van der Waals surface area (Å²) in [7, 11) is 0. The Bertz CT molecular complexity index is 544. The van der Waals surface area contributed by atoms with Gasteiger partial charge in [-0.1, -0.05) is 0 Å². The average molecular weight is 247 g/mol. The Morgan fingerprint density at radius 3 is 3.18 bits per heavy atom. The van der Waals surface area contributed by atoms with E-state index in [0.717, 1.165) is 16.8 Å². The highest BCUT2D eigenvalue weighted by Gasteiger charge is 2.09. The third-order valence-corrected chi connectivity index (χ3v) is 2.98. The summed E-state index contributed by atoms with van der Waals surface area (Å²) in [6, 6.07) is 1.95. The lowest BCUT2D eigenvalue weighted by Crippen LogP contribution is -2.05. The molecule has 1 N–H and O–H groups in total. The molecule has 0 atom stereocenters. The molecule has 0 amide bonds. The maximum absolute atomic E-state index is 5.58. The van der Waals surface area contributed by atoms with E-state index in [-0.39, 0.29) is 0 Å². The first kappa shape index (κ1) is 11.7. The van der Waals surface area contributed by atoms with Gasteiger partial charge >= 0.3 is 0 Å². The summed E-state index contributed by atoms with van der Waals surface area (Å²) in [6.45, 7) is 3.26. The molecule has 0 saturated heterocycles. The molecule has 0 radical (unpaired) electrons. The number of fused-ring (bicyclic) bond motifs is 1. The normalized spacial score (nSPS) is 10.1. The zero-order valence-corrected chi connectivity index (χ0v) is 10.4. The summed E-state index contributed by atoms with van der Waals surface area (Å²) in [5.41, 5.74) is 0.900. The van der Waals surface area contributed by atoms with Crippen molar-refractivity contribution in [1.29, 1.82) is 0 Å². The standard InChI is InChI=1S/C12H13N3OS/c1-3-5-7-16-11-10-9(6-8-17-10)14-12(15-11)13-4-2/h1,6,8H,4-5,7H2,2H3,(H,13,14,15). The fraction of sp³-hybridized carbons (Fsp3) is 0.333. The van der Waals surface area contributed by atoms with Crippen LogP contribution >= 0.6 is 11.3 Å². The van der Waals surface area contributed by atoms with Crippen molar-refractivity contribution in [3.05, 3.63) is 11.4 Å². The Morgan fingerprint density at radius 1 is 1.53 bits per heavy atom. The molecule has 2 rings (SSSR count). The first-order chi connectivity index (χ1) is 8.35. The van der Waals surface area contributed by atoms with Gasteiger partial charge in [-0.25, -0.2) is 4.98 Å². The van der Waals surface area contributed by atoms with Crippen LogP contribution in [0.5, 0.6) is 5.88 Å². The summed E-state index contributed by atoms with van der Waals surface area (Å²) >= 11 is 1.57. The molecule has 0 aromatic carbocycles. The molecule has 0 spiro atoms. The van der Waals surface area contributed by atoms with E-state index in [0.29, 0.717) is 24.9 Å². The van der Waals surface area contributed by atoms with Crippen LogP contribution in [0.25, 0.3) is 10.2 Å². The number of terminal acetylenes is 1. The van der Waals surface area contributed by atoms with Crippen LogP contribution < -0.4 is 10.1 Å². The van der Waals surface area contributed by atoms with Crippen molar-refractivity contribution in [2.45, 2.75) is 13.3 Å². The van der Waals surface area contributed by atoms with Gasteiger partial charge in [0.15, 0.2) is 0 Å². The molecule has 2 heterocycles. The van der Waals surface area contributed by atoms with E-state index in [2.05, 4.69) is 21.2 Å². The maximum atomic E-state index is 5.58. The molecule has 2 aromatic rings. The third-order valence-electron chi connectivity index (χ3n) is 2.09. The van der Waals surface area contributed by atoms with Crippen LogP contribution in [0.3, 0.4) is 0 Å². The zero-order chi connectivity index (χ0) is 12.1. The summed E-state index contributed by atoms with van der Waals surface area (Å²) in [5, 5.41) is 5.06. The second-order valence-corrected chi connectivity index (χ2v) is 4.24. The molecule has 0 unspecified atom stereocenters. The highest BCUT2D eigenvalue weighted by molar-refractivity contribution is 7.17. The lowest BCUT2D eigenvalue weighted by atomic mass is 10.4. The molecule has 4 nitrogen and oxygen atoms in total. The van der Waals surface area contributed by atoms with Crippen molar-refractivity contribution < 1.29 is 4.74 Å². The van der Waals surface area contributed by atoms with Gasteiger partial charge < -0.3 is 10.1 Å². The van der Waals surface area contributed by atoms with E-state index in [1.807, 2.05) is 18.4 Å². The summed E-state index contributed by atoms with van der Waals surface area (Å²) < 4.78 is 6.54. The quantitative estimate of drug-likeness (QED) is 0.651. The van der Waals surface area contributed by atoms with Crippen molar-refractivity contribution >= 4 is 27.5 Å². The van der Waals surface area contributed by atoms with Gasteiger partial charge in [0.1, 0.15) is 11.3 Å². The first-order valence-electron chi connectivity index (χ1n) is 5.40. The van der Waals surface area contributed by atoms with Crippen LogP contribution in [0, 0.1) is 12.3 Å². The number of nitrogens with zero attached hydrogens (tertiary/aromatic N) is 2. The van der Waals surface area contributed by atoms with E-state index in [1.165, 1.54) is 0 Å². The zero-order valence-electron chi connectivity index (χ0n) is 9.56. The van der Waals surface area contributed by atoms with Crippen molar-refractivity contribution in [3.63, 3.8) is 0 Å². The highest BCUT2D eigenvalue weighted by atomic mass is 32.1. The molecule has 0 fully saturated rings. The van der Waals surface area contributed by atoms with Gasteiger partial charge in [-0.15, -0.1) is 23.7 Å². The number of anilines is 1. The summed E-state index contributed by atoms with van der Waals surface area (Å²) in [4.78, 5) is 8.71. The minimum absolute atomic E-state index is 0.478. The number of ether oxygens (including phenoxy) is 1. The van der Waals surface area contributed by atoms with Crippen molar-refractivity contribution in [2.24, 2.45) is 0 Å². The van der Waals surface area contributed by atoms with Crippen molar-refractivity contribution in [3.8, 4) is 18.2 Å². The van der Waals surface area contributed by atoms with E-state index >= 15 is 0 Å². The second-order valence-electron chi connectivity index (χ2n) is 3.32. The number of nitrogens with one attached hydrogen (secondary N) is 1. The first-order valence-corrected chi connectivity index (χ1v) is 6.28. The highest BCUT2D eigenvalue weighted by Crippen LogP contribution is 2.28.